The molecule has 3 nitrogen and oxygen atoms in total. The first-order valence-electron chi connectivity index (χ1n) is 7.78. The van der Waals surface area contributed by atoms with Crippen molar-refractivity contribution in [2.75, 3.05) is 0 Å². The maximum atomic E-state index is 12.1. The molecular weight excluding hydrogens is 248 g/mol. The SMILES string of the molecule is CCC(Cc1ccccc1)(NC1CCCCC1)C(N)=O. The second-order valence-corrected chi connectivity index (χ2v) is 5.94. The van der Waals surface area contributed by atoms with Crippen molar-refractivity contribution >= 4 is 5.91 Å². The molecule has 1 amide bonds. The second kappa shape index (κ2) is 6.89. The summed E-state index contributed by atoms with van der Waals surface area (Å²) in [5.74, 6) is -0.227. The Balaban J connectivity index is 2.13. The Hall–Kier alpha value is -1.35. The fourth-order valence-electron chi connectivity index (χ4n) is 3.19. The fourth-order valence-corrected chi connectivity index (χ4v) is 3.19. The van der Waals surface area contributed by atoms with Crippen LogP contribution in [-0.2, 0) is 11.2 Å². The van der Waals surface area contributed by atoms with Crippen LogP contribution in [0.3, 0.4) is 0 Å². The summed E-state index contributed by atoms with van der Waals surface area (Å²) in [6.07, 6.45) is 7.53. The van der Waals surface area contributed by atoms with Gasteiger partial charge in [0, 0.05) is 6.04 Å². The molecule has 0 heterocycles. The van der Waals surface area contributed by atoms with Crippen LogP contribution in [0.15, 0.2) is 30.3 Å². The van der Waals surface area contributed by atoms with Crippen LogP contribution >= 0.6 is 0 Å². The molecule has 1 aliphatic rings. The topological polar surface area (TPSA) is 55.1 Å². The van der Waals surface area contributed by atoms with E-state index < -0.39 is 5.54 Å². The summed E-state index contributed by atoms with van der Waals surface area (Å²) in [7, 11) is 0. The molecule has 110 valence electrons. The van der Waals surface area contributed by atoms with Gasteiger partial charge in [-0.3, -0.25) is 4.79 Å². The Morgan fingerprint density at radius 3 is 2.45 bits per heavy atom. The first kappa shape index (κ1) is 15.0. The van der Waals surface area contributed by atoms with Gasteiger partial charge in [0.2, 0.25) is 5.91 Å². The summed E-state index contributed by atoms with van der Waals surface area (Å²) in [4.78, 5) is 12.1. The summed E-state index contributed by atoms with van der Waals surface area (Å²) in [5, 5.41) is 3.59. The zero-order chi connectivity index (χ0) is 14.4. The molecular formula is C17H26N2O. The number of nitrogens with two attached hydrogens (primary N) is 1. The molecule has 0 saturated heterocycles. The van der Waals surface area contributed by atoms with E-state index >= 15 is 0 Å². The first-order chi connectivity index (χ1) is 9.66. The molecule has 0 spiro atoms. The Labute approximate surface area is 121 Å². The van der Waals surface area contributed by atoms with Crippen molar-refractivity contribution in [1.29, 1.82) is 0 Å². The van der Waals surface area contributed by atoms with Crippen LogP contribution in [0.5, 0.6) is 0 Å². The zero-order valence-corrected chi connectivity index (χ0v) is 12.4. The van der Waals surface area contributed by atoms with Crippen LogP contribution in [0.1, 0.15) is 51.0 Å². The van der Waals surface area contributed by atoms with Gasteiger partial charge in [0.25, 0.3) is 0 Å². The molecule has 1 aromatic carbocycles. The van der Waals surface area contributed by atoms with Crippen molar-refractivity contribution in [3.63, 3.8) is 0 Å². The van der Waals surface area contributed by atoms with Crippen LogP contribution in [0.2, 0.25) is 0 Å². The second-order valence-electron chi connectivity index (χ2n) is 5.94. The highest BCUT2D eigenvalue weighted by Crippen LogP contribution is 2.24. The molecule has 1 fully saturated rings. The number of nitrogens with one attached hydrogen (secondary N) is 1. The summed E-state index contributed by atoms with van der Waals surface area (Å²) >= 11 is 0. The Bertz CT molecular complexity index is 426. The van der Waals surface area contributed by atoms with E-state index in [-0.39, 0.29) is 5.91 Å². The van der Waals surface area contributed by atoms with Crippen molar-refractivity contribution in [3.05, 3.63) is 35.9 Å². The van der Waals surface area contributed by atoms with E-state index in [9.17, 15) is 4.79 Å². The summed E-state index contributed by atoms with van der Waals surface area (Å²) in [6.45, 7) is 2.05. The van der Waals surface area contributed by atoms with Gasteiger partial charge in [-0.2, -0.15) is 0 Å². The van der Waals surface area contributed by atoms with E-state index in [0.717, 1.165) is 24.8 Å². The summed E-state index contributed by atoms with van der Waals surface area (Å²) < 4.78 is 0. The number of hydrogen-bond acceptors (Lipinski definition) is 2. The number of carbonyl (C=O) groups is 1. The zero-order valence-electron chi connectivity index (χ0n) is 12.4. The minimum atomic E-state index is -0.608. The third kappa shape index (κ3) is 3.60. The predicted molar refractivity (Wildman–Crippen MR) is 82.4 cm³/mol. The molecule has 1 unspecified atom stereocenters. The van der Waals surface area contributed by atoms with Gasteiger partial charge in [0.05, 0.1) is 0 Å². The highest BCUT2D eigenvalue weighted by molar-refractivity contribution is 5.85. The maximum Gasteiger partial charge on any atom is 0.238 e. The highest BCUT2D eigenvalue weighted by Gasteiger charge is 2.36. The minimum Gasteiger partial charge on any atom is -0.368 e. The van der Waals surface area contributed by atoms with Crippen LogP contribution in [-0.4, -0.2) is 17.5 Å². The largest absolute Gasteiger partial charge is 0.368 e. The number of carbonyl (C=O) groups excluding carboxylic acids is 1. The molecule has 0 radical (unpaired) electrons. The van der Waals surface area contributed by atoms with E-state index in [2.05, 4.69) is 17.4 Å². The van der Waals surface area contributed by atoms with Crippen molar-refractivity contribution in [2.24, 2.45) is 5.73 Å². The predicted octanol–water partition coefficient (Wildman–Crippen LogP) is 2.79. The van der Waals surface area contributed by atoms with Crippen LogP contribution < -0.4 is 11.1 Å². The van der Waals surface area contributed by atoms with Crippen molar-refractivity contribution < 1.29 is 4.79 Å². The highest BCUT2D eigenvalue weighted by atomic mass is 16.1. The normalized spacial score (nSPS) is 19.4. The third-order valence-electron chi connectivity index (χ3n) is 4.51. The molecule has 3 heteroatoms. The standard InChI is InChI=1S/C17H26N2O/c1-2-17(16(18)20,13-14-9-5-3-6-10-14)19-15-11-7-4-8-12-15/h3,5-6,9-10,15,19H,2,4,7-8,11-13H2,1H3,(H2,18,20). The van der Waals surface area contributed by atoms with Gasteiger partial charge in [-0.1, -0.05) is 56.5 Å². The average molecular weight is 274 g/mol. The van der Waals surface area contributed by atoms with Crippen molar-refractivity contribution in [3.8, 4) is 0 Å². The number of amides is 1. The monoisotopic (exact) mass is 274 g/mol. The lowest BCUT2D eigenvalue weighted by molar-refractivity contribution is -0.125. The molecule has 1 aromatic rings. The third-order valence-corrected chi connectivity index (χ3v) is 4.51. The van der Waals surface area contributed by atoms with Gasteiger partial charge in [-0.05, 0) is 31.2 Å². The van der Waals surface area contributed by atoms with E-state index in [0.29, 0.717) is 12.5 Å². The lowest BCUT2D eigenvalue weighted by Crippen LogP contribution is -2.60. The molecule has 2 rings (SSSR count). The molecule has 1 saturated carbocycles. The molecule has 1 atom stereocenters. The first-order valence-corrected chi connectivity index (χ1v) is 7.78. The number of rotatable bonds is 6. The Morgan fingerprint density at radius 2 is 1.90 bits per heavy atom. The van der Waals surface area contributed by atoms with Crippen LogP contribution in [0.4, 0.5) is 0 Å². The number of hydrogen-bond donors (Lipinski definition) is 2. The van der Waals surface area contributed by atoms with Gasteiger partial charge in [0.1, 0.15) is 5.54 Å². The maximum absolute atomic E-state index is 12.1. The smallest absolute Gasteiger partial charge is 0.238 e. The average Bonchev–Trinajstić information content (AvgIpc) is 2.48. The quantitative estimate of drug-likeness (QED) is 0.838. The van der Waals surface area contributed by atoms with E-state index in [1.807, 2.05) is 25.1 Å². The molecule has 0 aromatic heterocycles. The van der Waals surface area contributed by atoms with Crippen LogP contribution in [0, 0.1) is 0 Å². The van der Waals surface area contributed by atoms with Gasteiger partial charge < -0.3 is 11.1 Å². The number of primary amides is 1. The van der Waals surface area contributed by atoms with Crippen molar-refractivity contribution in [1.82, 2.24) is 5.32 Å². The molecule has 3 N–H and O–H groups in total. The lowest BCUT2D eigenvalue weighted by atomic mass is 9.84. The minimum absolute atomic E-state index is 0.227. The lowest BCUT2D eigenvalue weighted by Gasteiger charge is -2.36. The molecule has 0 aliphatic heterocycles. The molecule has 20 heavy (non-hydrogen) atoms. The summed E-state index contributed by atoms with van der Waals surface area (Å²) in [6, 6.07) is 10.6. The van der Waals surface area contributed by atoms with Crippen LogP contribution in [0.25, 0.3) is 0 Å². The Kier molecular flexibility index (Phi) is 5.18. The van der Waals surface area contributed by atoms with Gasteiger partial charge in [0.15, 0.2) is 0 Å². The van der Waals surface area contributed by atoms with Gasteiger partial charge in [-0.15, -0.1) is 0 Å². The molecule has 0 bridgehead atoms. The fraction of sp³-hybridized carbons (Fsp3) is 0.588. The van der Waals surface area contributed by atoms with E-state index in [1.54, 1.807) is 0 Å². The van der Waals surface area contributed by atoms with Crippen molar-refractivity contribution in [2.45, 2.75) is 63.5 Å². The summed E-state index contributed by atoms with van der Waals surface area (Å²) in [5.41, 5.74) is 6.30. The van der Waals surface area contributed by atoms with E-state index in [4.69, 9.17) is 5.73 Å². The Morgan fingerprint density at radius 1 is 1.25 bits per heavy atom. The van der Waals surface area contributed by atoms with E-state index in [1.165, 1.54) is 19.3 Å². The van der Waals surface area contributed by atoms with Gasteiger partial charge in [-0.25, -0.2) is 0 Å². The molecule has 1 aliphatic carbocycles. The van der Waals surface area contributed by atoms with Gasteiger partial charge >= 0.3 is 0 Å². The number of benzene rings is 1.